The van der Waals surface area contributed by atoms with Crippen molar-refractivity contribution in [1.82, 2.24) is 0 Å². The van der Waals surface area contributed by atoms with E-state index in [-0.39, 0.29) is 30.1 Å². The third-order valence-electron chi connectivity index (χ3n) is 12.7. The predicted octanol–water partition coefficient (Wildman–Crippen LogP) is 5.02. The number of rotatable bonds is 5. The second-order valence-corrected chi connectivity index (χ2v) is 13.4. The SMILES string of the molecule is CCC1(OC(=O)COC(=O)C2CC3CC2C2C4C=CC(C4)C32)CC2CC1C1C3CCC(C3)C21. The van der Waals surface area contributed by atoms with Gasteiger partial charge in [-0.15, -0.1) is 0 Å². The third kappa shape index (κ3) is 2.49. The molecule has 4 heteroatoms. The number of hydrogen-bond acceptors (Lipinski definition) is 4. The summed E-state index contributed by atoms with van der Waals surface area (Å²) in [5.41, 5.74) is -0.297. The van der Waals surface area contributed by atoms with E-state index >= 15 is 0 Å². The fourth-order valence-corrected chi connectivity index (χ4v) is 12.1. The van der Waals surface area contributed by atoms with Gasteiger partial charge in [-0.1, -0.05) is 19.1 Å². The van der Waals surface area contributed by atoms with Crippen molar-refractivity contribution >= 4 is 11.9 Å². The number of esters is 2. The summed E-state index contributed by atoms with van der Waals surface area (Å²) in [6.45, 7) is 2.00. The fraction of sp³-hybridized carbons (Fsp3) is 0.862. The molecule has 14 unspecified atom stereocenters. The average molecular weight is 451 g/mol. The third-order valence-corrected chi connectivity index (χ3v) is 12.7. The van der Waals surface area contributed by atoms with Gasteiger partial charge >= 0.3 is 11.9 Å². The maximum atomic E-state index is 13.0. The molecule has 0 aromatic carbocycles. The van der Waals surface area contributed by atoms with Crippen LogP contribution in [0.3, 0.4) is 0 Å². The summed E-state index contributed by atoms with van der Waals surface area (Å²) in [7, 11) is 0. The summed E-state index contributed by atoms with van der Waals surface area (Å²) in [4.78, 5) is 26.0. The highest BCUT2D eigenvalue weighted by Gasteiger charge is 2.68. The Bertz CT molecular complexity index is 925. The molecule has 0 aliphatic heterocycles. The molecule has 0 aromatic rings. The van der Waals surface area contributed by atoms with E-state index in [2.05, 4.69) is 19.1 Å². The molecule has 0 spiro atoms. The van der Waals surface area contributed by atoms with Crippen molar-refractivity contribution in [2.75, 3.05) is 6.61 Å². The number of fused-ring (bicyclic) bond motifs is 18. The van der Waals surface area contributed by atoms with Crippen LogP contribution in [0.5, 0.6) is 0 Å². The number of allylic oxidation sites excluding steroid dienone is 2. The lowest BCUT2D eigenvalue weighted by Crippen LogP contribution is -2.48. The molecule has 8 aliphatic carbocycles. The molecule has 0 saturated heterocycles. The normalized spacial score (nSPS) is 57.7. The minimum Gasteiger partial charge on any atom is -0.456 e. The molecule has 0 aromatic heterocycles. The Morgan fingerprint density at radius 3 is 2.45 bits per heavy atom. The number of hydrogen-bond donors (Lipinski definition) is 0. The summed E-state index contributed by atoms with van der Waals surface area (Å²) >= 11 is 0. The van der Waals surface area contributed by atoms with Gasteiger partial charge in [-0.3, -0.25) is 4.79 Å². The molecule has 7 saturated carbocycles. The largest absolute Gasteiger partial charge is 0.456 e. The Balaban J connectivity index is 0.910. The zero-order valence-corrected chi connectivity index (χ0v) is 19.9. The summed E-state index contributed by atoms with van der Waals surface area (Å²) in [6, 6.07) is 0. The van der Waals surface area contributed by atoms with Gasteiger partial charge in [-0.2, -0.15) is 0 Å². The van der Waals surface area contributed by atoms with Crippen LogP contribution in [0.1, 0.15) is 64.7 Å². The molecule has 7 fully saturated rings. The highest BCUT2D eigenvalue weighted by Crippen LogP contribution is 2.71. The molecule has 0 amide bonds. The van der Waals surface area contributed by atoms with Crippen LogP contribution in [0.25, 0.3) is 0 Å². The van der Waals surface area contributed by atoms with Crippen molar-refractivity contribution in [2.24, 2.45) is 76.9 Å². The lowest BCUT2D eigenvalue weighted by atomic mass is 9.65. The van der Waals surface area contributed by atoms with Crippen molar-refractivity contribution in [3.05, 3.63) is 12.2 Å². The van der Waals surface area contributed by atoms with Crippen LogP contribution in [0.4, 0.5) is 0 Å². The Kier molecular flexibility index (Phi) is 4.03. The summed E-state index contributed by atoms with van der Waals surface area (Å²) in [5.74, 6) is 8.52. The van der Waals surface area contributed by atoms with E-state index in [0.717, 1.165) is 60.7 Å². The first-order chi connectivity index (χ1) is 16.1. The van der Waals surface area contributed by atoms with Crippen molar-refractivity contribution in [3.8, 4) is 0 Å². The molecule has 8 aliphatic rings. The molecule has 14 atom stereocenters. The Hall–Kier alpha value is -1.32. The van der Waals surface area contributed by atoms with Crippen molar-refractivity contribution in [1.29, 1.82) is 0 Å². The zero-order chi connectivity index (χ0) is 22.1. The van der Waals surface area contributed by atoms with Gasteiger partial charge in [0.1, 0.15) is 5.60 Å². The Morgan fingerprint density at radius 1 is 0.848 bits per heavy atom. The van der Waals surface area contributed by atoms with E-state index in [9.17, 15) is 9.59 Å². The van der Waals surface area contributed by atoms with E-state index < -0.39 is 0 Å². The summed E-state index contributed by atoms with van der Waals surface area (Å²) in [6.07, 6.45) is 15.8. The summed E-state index contributed by atoms with van der Waals surface area (Å²) < 4.78 is 11.9. The maximum absolute atomic E-state index is 13.0. The molecular weight excluding hydrogens is 412 g/mol. The number of ether oxygens (including phenoxy) is 2. The number of carbonyl (C=O) groups is 2. The van der Waals surface area contributed by atoms with Crippen molar-refractivity contribution in [2.45, 2.75) is 70.3 Å². The van der Waals surface area contributed by atoms with Crippen LogP contribution in [-0.4, -0.2) is 24.1 Å². The molecule has 0 radical (unpaired) electrons. The van der Waals surface area contributed by atoms with Crippen LogP contribution in [-0.2, 0) is 19.1 Å². The van der Waals surface area contributed by atoms with Gasteiger partial charge in [0.15, 0.2) is 6.61 Å². The van der Waals surface area contributed by atoms with E-state index in [1.165, 1.54) is 38.5 Å². The van der Waals surface area contributed by atoms with Gasteiger partial charge in [-0.25, -0.2) is 4.79 Å². The van der Waals surface area contributed by atoms with Crippen LogP contribution in [0, 0.1) is 76.9 Å². The first-order valence-corrected chi connectivity index (χ1v) is 14.1. The molecule has 33 heavy (non-hydrogen) atoms. The van der Waals surface area contributed by atoms with Crippen molar-refractivity contribution in [3.63, 3.8) is 0 Å². The van der Waals surface area contributed by atoms with Crippen LogP contribution < -0.4 is 0 Å². The molecule has 0 N–H and O–H groups in total. The second kappa shape index (κ2) is 6.66. The van der Waals surface area contributed by atoms with Gasteiger partial charge in [0.2, 0.25) is 0 Å². The molecule has 8 bridgehead atoms. The van der Waals surface area contributed by atoms with Gasteiger partial charge in [0, 0.05) is 5.92 Å². The molecule has 0 heterocycles. The molecule has 8 rings (SSSR count). The Morgan fingerprint density at radius 2 is 1.64 bits per heavy atom. The standard InChI is InChI=1S/C29H38O4/c1-2-29(12-19-11-22(29)27-17-6-4-15(8-17)25(19)27)33-23(30)13-32-28(31)21-10-18-9-20(21)26-16-5-3-14(7-16)24(18)26/h3,5,14-22,24-27H,2,4,6-13H2,1H3. The van der Waals surface area contributed by atoms with Crippen molar-refractivity contribution < 1.29 is 19.1 Å². The quantitative estimate of drug-likeness (QED) is 0.335. The van der Waals surface area contributed by atoms with Crippen LogP contribution >= 0.6 is 0 Å². The molecule has 178 valence electrons. The second-order valence-electron chi connectivity index (χ2n) is 13.4. The van der Waals surface area contributed by atoms with Gasteiger partial charge in [0.25, 0.3) is 0 Å². The molecular formula is C29H38O4. The van der Waals surface area contributed by atoms with E-state index in [4.69, 9.17) is 9.47 Å². The van der Waals surface area contributed by atoms with Crippen LogP contribution in [0.2, 0.25) is 0 Å². The fourth-order valence-electron chi connectivity index (χ4n) is 12.1. The Labute approximate surface area is 197 Å². The van der Waals surface area contributed by atoms with Gasteiger partial charge < -0.3 is 9.47 Å². The van der Waals surface area contributed by atoms with E-state index in [0.29, 0.717) is 29.6 Å². The van der Waals surface area contributed by atoms with Gasteiger partial charge in [0.05, 0.1) is 5.92 Å². The lowest BCUT2D eigenvalue weighted by molar-refractivity contribution is -0.182. The highest BCUT2D eigenvalue weighted by molar-refractivity contribution is 5.78. The topological polar surface area (TPSA) is 52.6 Å². The average Bonchev–Trinajstić information content (AvgIpc) is 3.65. The smallest absolute Gasteiger partial charge is 0.344 e. The lowest BCUT2D eigenvalue weighted by Gasteiger charge is -2.45. The summed E-state index contributed by atoms with van der Waals surface area (Å²) in [5, 5.41) is 0. The first kappa shape index (κ1) is 19.9. The molecule has 4 nitrogen and oxygen atoms in total. The predicted molar refractivity (Wildman–Crippen MR) is 122 cm³/mol. The zero-order valence-electron chi connectivity index (χ0n) is 19.9. The maximum Gasteiger partial charge on any atom is 0.344 e. The van der Waals surface area contributed by atoms with E-state index in [1.54, 1.807) is 0 Å². The van der Waals surface area contributed by atoms with E-state index in [1.807, 2.05) is 0 Å². The monoisotopic (exact) mass is 450 g/mol. The minimum atomic E-state index is -0.304. The number of carbonyl (C=O) groups excluding carboxylic acids is 2. The first-order valence-electron chi connectivity index (χ1n) is 14.1. The van der Waals surface area contributed by atoms with Crippen LogP contribution in [0.15, 0.2) is 12.2 Å². The van der Waals surface area contributed by atoms with Gasteiger partial charge in [-0.05, 0) is 123 Å². The highest BCUT2D eigenvalue weighted by atomic mass is 16.6. The minimum absolute atomic E-state index is 0.00854.